The van der Waals surface area contributed by atoms with Crippen molar-refractivity contribution in [2.45, 2.75) is 52.7 Å². The van der Waals surface area contributed by atoms with Crippen LogP contribution >= 0.6 is 11.3 Å². The molecule has 0 aliphatic carbocycles. The van der Waals surface area contributed by atoms with Crippen LogP contribution in [0.2, 0.25) is 0 Å². The molecular formula is C15H26N2O2S. The van der Waals surface area contributed by atoms with Gasteiger partial charge in [-0.1, -0.05) is 0 Å². The van der Waals surface area contributed by atoms with Crippen molar-refractivity contribution in [1.82, 2.24) is 10.6 Å². The fourth-order valence-electron chi connectivity index (χ4n) is 1.77. The van der Waals surface area contributed by atoms with E-state index in [0.717, 1.165) is 13.0 Å². The topological polar surface area (TPSA) is 50.4 Å². The second-order valence-electron chi connectivity index (χ2n) is 6.00. The third kappa shape index (κ3) is 7.50. The van der Waals surface area contributed by atoms with Crippen LogP contribution in [0.15, 0.2) is 12.1 Å². The van der Waals surface area contributed by atoms with Crippen LogP contribution in [0.3, 0.4) is 0 Å². The van der Waals surface area contributed by atoms with E-state index in [-0.39, 0.29) is 6.09 Å². The Morgan fingerprint density at radius 3 is 2.60 bits per heavy atom. The first-order chi connectivity index (χ1) is 9.26. The van der Waals surface area contributed by atoms with Crippen molar-refractivity contribution in [2.75, 3.05) is 13.1 Å². The van der Waals surface area contributed by atoms with Gasteiger partial charge in [0.1, 0.15) is 5.60 Å². The minimum atomic E-state index is -0.443. The van der Waals surface area contributed by atoms with E-state index >= 15 is 0 Å². The van der Waals surface area contributed by atoms with Crippen LogP contribution in [0.25, 0.3) is 0 Å². The Hall–Kier alpha value is -1.07. The highest BCUT2D eigenvalue weighted by molar-refractivity contribution is 7.11. The normalized spacial score (nSPS) is 13.1. The summed E-state index contributed by atoms with van der Waals surface area (Å²) in [6.45, 7) is 11.2. The molecule has 2 N–H and O–H groups in total. The third-order valence-electron chi connectivity index (χ3n) is 2.59. The van der Waals surface area contributed by atoms with E-state index in [1.807, 2.05) is 32.1 Å². The Balaban J connectivity index is 2.13. The number of ether oxygens (including phenoxy) is 1. The van der Waals surface area contributed by atoms with Crippen molar-refractivity contribution in [3.05, 3.63) is 21.9 Å². The molecule has 1 aromatic heterocycles. The number of carbonyl (C=O) groups excluding carboxylic acids is 1. The molecule has 1 amide bonds. The molecule has 1 heterocycles. The lowest BCUT2D eigenvalue weighted by Crippen LogP contribution is -2.38. The van der Waals surface area contributed by atoms with Crippen molar-refractivity contribution in [3.8, 4) is 0 Å². The lowest BCUT2D eigenvalue weighted by Gasteiger charge is -2.20. The predicted octanol–water partition coefficient (Wildman–Crippen LogP) is 3.10. The van der Waals surface area contributed by atoms with Gasteiger partial charge in [-0.2, -0.15) is 0 Å². The summed E-state index contributed by atoms with van der Waals surface area (Å²) in [4.78, 5) is 14.2. The van der Waals surface area contributed by atoms with Gasteiger partial charge in [-0.25, -0.2) is 4.79 Å². The van der Waals surface area contributed by atoms with E-state index in [0.29, 0.717) is 12.6 Å². The van der Waals surface area contributed by atoms with Gasteiger partial charge in [0.2, 0.25) is 0 Å². The third-order valence-corrected chi connectivity index (χ3v) is 3.61. The zero-order valence-electron chi connectivity index (χ0n) is 13.1. The maximum atomic E-state index is 11.4. The van der Waals surface area contributed by atoms with Crippen LogP contribution < -0.4 is 10.6 Å². The van der Waals surface area contributed by atoms with Crippen LogP contribution in [0.1, 0.15) is 37.4 Å². The van der Waals surface area contributed by atoms with Crippen LogP contribution in [0.4, 0.5) is 4.79 Å². The van der Waals surface area contributed by atoms with E-state index in [2.05, 4.69) is 36.6 Å². The zero-order valence-corrected chi connectivity index (χ0v) is 13.9. The Labute approximate surface area is 125 Å². The van der Waals surface area contributed by atoms with Gasteiger partial charge in [-0.05, 0) is 53.2 Å². The van der Waals surface area contributed by atoms with Crippen LogP contribution in [0.5, 0.6) is 0 Å². The first kappa shape index (κ1) is 17.0. The van der Waals surface area contributed by atoms with Crippen LogP contribution in [-0.2, 0) is 11.2 Å². The molecule has 1 atom stereocenters. The SMILES string of the molecule is Cc1ccc(CC(C)NCCNC(=O)OC(C)(C)C)s1. The Kier molecular flexibility index (Phi) is 6.49. The van der Waals surface area contributed by atoms with Crippen LogP contribution in [0, 0.1) is 6.92 Å². The highest BCUT2D eigenvalue weighted by atomic mass is 32.1. The number of hydrogen-bond acceptors (Lipinski definition) is 4. The lowest BCUT2D eigenvalue weighted by atomic mass is 10.2. The minimum Gasteiger partial charge on any atom is -0.444 e. The van der Waals surface area contributed by atoms with E-state index < -0.39 is 5.60 Å². The maximum Gasteiger partial charge on any atom is 0.407 e. The fraction of sp³-hybridized carbons (Fsp3) is 0.667. The van der Waals surface area contributed by atoms with Gasteiger partial charge >= 0.3 is 6.09 Å². The first-order valence-electron chi connectivity index (χ1n) is 7.02. The van der Waals surface area contributed by atoms with Crippen molar-refractivity contribution < 1.29 is 9.53 Å². The summed E-state index contributed by atoms with van der Waals surface area (Å²) < 4.78 is 5.17. The Bertz CT molecular complexity index is 424. The van der Waals surface area contributed by atoms with Gasteiger partial charge in [0, 0.05) is 28.9 Å². The Morgan fingerprint density at radius 1 is 1.35 bits per heavy atom. The van der Waals surface area contributed by atoms with Crippen molar-refractivity contribution >= 4 is 17.4 Å². The van der Waals surface area contributed by atoms with E-state index in [1.165, 1.54) is 9.75 Å². The van der Waals surface area contributed by atoms with E-state index in [9.17, 15) is 4.79 Å². The van der Waals surface area contributed by atoms with Gasteiger partial charge in [0.25, 0.3) is 0 Å². The molecule has 114 valence electrons. The number of hydrogen-bond donors (Lipinski definition) is 2. The summed E-state index contributed by atoms with van der Waals surface area (Å²) in [5, 5.41) is 6.14. The van der Waals surface area contributed by atoms with Crippen molar-refractivity contribution in [1.29, 1.82) is 0 Å². The summed E-state index contributed by atoms with van der Waals surface area (Å²) in [5.41, 5.74) is -0.443. The first-order valence-corrected chi connectivity index (χ1v) is 7.83. The number of carbonyl (C=O) groups is 1. The molecule has 0 bridgehead atoms. The molecule has 5 heteroatoms. The number of aryl methyl sites for hydroxylation is 1. The molecule has 0 aromatic carbocycles. The molecular weight excluding hydrogens is 272 g/mol. The summed E-state index contributed by atoms with van der Waals surface area (Å²) >= 11 is 1.84. The van der Waals surface area contributed by atoms with Crippen molar-refractivity contribution in [2.24, 2.45) is 0 Å². The summed E-state index contributed by atoms with van der Waals surface area (Å²) in [5.74, 6) is 0. The molecule has 0 saturated carbocycles. The highest BCUT2D eigenvalue weighted by Crippen LogP contribution is 2.16. The smallest absolute Gasteiger partial charge is 0.407 e. The van der Waals surface area contributed by atoms with Gasteiger partial charge in [0.05, 0.1) is 0 Å². The van der Waals surface area contributed by atoms with Crippen molar-refractivity contribution in [3.63, 3.8) is 0 Å². The van der Waals surface area contributed by atoms with Gasteiger partial charge < -0.3 is 15.4 Å². The Morgan fingerprint density at radius 2 is 2.05 bits per heavy atom. The molecule has 0 aliphatic rings. The summed E-state index contributed by atoms with van der Waals surface area (Å²) in [6.07, 6.45) is 0.658. The average Bonchev–Trinajstić information content (AvgIpc) is 2.68. The standard InChI is InChI=1S/C15H26N2O2S/c1-11(10-13-7-6-12(2)20-13)16-8-9-17-14(18)19-15(3,4)5/h6-7,11,16H,8-10H2,1-5H3,(H,17,18). The molecule has 0 aliphatic heterocycles. The fourth-order valence-corrected chi connectivity index (χ4v) is 2.79. The van der Waals surface area contributed by atoms with Gasteiger partial charge in [-0.3, -0.25) is 0 Å². The number of nitrogens with one attached hydrogen (secondary N) is 2. The van der Waals surface area contributed by atoms with Gasteiger partial charge in [-0.15, -0.1) is 11.3 Å². The quantitative estimate of drug-likeness (QED) is 0.793. The summed E-state index contributed by atoms with van der Waals surface area (Å²) in [7, 11) is 0. The lowest BCUT2D eigenvalue weighted by molar-refractivity contribution is 0.0528. The zero-order chi connectivity index (χ0) is 15.2. The second-order valence-corrected chi connectivity index (χ2v) is 7.37. The highest BCUT2D eigenvalue weighted by Gasteiger charge is 2.15. The molecule has 1 aromatic rings. The molecule has 0 fully saturated rings. The van der Waals surface area contributed by atoms with Crippen LogP contribution in [-0.4, -0.2) is 30.8 Å². The molecule has 0 radical (unpaired) electrons. The number of rotatable bonds is 6. The molecule has 1 rings (SSSR count). The minimum absolute atomic E-state index is 0.360. The molecule has 20 heavy (non-hydrogen) atoms. The van der Waals surface area contributed by atoms with E-state index in [4.69, 9.17) is 4.74 Å². The second kappa shape index (κ2) is 7.64. The maximum absolute atomic E-state index is 11.4. The average molecular weight is 298 g/mol. The number of thiophene rings is 1. The number of amides is 1. The van der Waals surface area contributed by atoms with E-state index in [1.54, 1.807) is 0 Å². The molecule has 1 unspecified atom stereocenters. The molecule has 4 nitrogen and oxygen atoms in total. The predicted molar refractivity (Wildman–Crippen MR) is 84.5 cm³/mol. The largest absolute Gasteiger partial charge is 0.444 e. The molecule has 0 spiro atoms. The monoisotopic (exact) mass is 298 g/mol. The number of alkyl carbamates (subject to hydrolysis) is 1. The summed E-state index contributed by atoms with van der Waals surface area (Å²) in [6, 6.07) is 4.72. The molecule has 0 saturated heterocycles. The van der Waals surface area contributed by atoms with Gasteiger partial charge in [0.15, 0.2) is 0 Å².